The van der Waals surface area contributed by atoms with Crippen LogP contribution in [0.4, 0.5) is 5.13 Å². The minimum absolute atomic E-state index is 0.0713. The molecule has 150 valence electrons. The Balaban J connectivity index is 1.53. The van der Waals surface area contributed by atoms with Gasteiger partial charge in [0.1, 0.15) is 17.6 Å². The Morgan fingerprint density at radius 3 is 3.14 bits per heavy atom. The number of rotatable bonds is 10. The van der Waals surface area contributed by atoms with Gasteiger partial charge in [0.15, 0.2) is 4.34 Å². The van der Waals surface area contributed by atoms with E-state index in [1.165, 1.54) is 23.1 Å². The number of anilines is 1. The predicted molar refractivity (Wildman–Crippen MR) is 113 cm³/mol. The van der Waals surface area contributed by atoms with Crippen LogP contribution in [0.2, 0.25) is 0 Å². The van der Waals surface area contributed by atoms with E-state index in [1.54, 1.807) is 6.08 Å². The van der Waals surface area contributed by atoms with Gasteiger partial charge < -0.3 is 20.1 Å². The quantitative estimate of drug-likeness (QED) is 0.451. The molecule has 7 nitrogen and oxygen atoms in total. The Morgan fingerprint density at radius 2 is 2.36 bits per heavy atom. The maximum absolute atomic E-state index is 12.2. The van der Waals surface area contributed by atoms with Crippen LogP contribution in [0.15, 0.2) is 29.1 Å². The number of nitrogens with one attached hydrogen (secondary N) is 2. The predicted octanol–water partition coefficient (Wildman–Crippen LogP) is 3.27. The molecule has 1 aliphatic heterocycles. The summed E-state index contributed by atoms with van der Waals surface area (Å²) in [7, 11) is 0. The second kappa shape index (κ2) is 9.79. The van der Waals surface area contributed by atoms with Crippen molar-refractivity contribution in [2.75, 3.05) is 24.2 Å². The highest BCUT2D eigenvalue weighted by atomic mass is 32.2. The van der Waals surface area contributed by atoms with E-state index < -0.39 is 0 Å². The first kappa shape index (κ1) is 20.5. The van der Waals surface area contributed by atoms with E-state index in [0.29, 0.717) is 19.7 Å². The first-order valence-corrected chi connectivity index (χ1v) is 10.9. The summed E-state index contributed by atoms with van der Waals surface area (Å²) in [6, 6.07) is 4.00. The van der Waals surface area contributed by atoms with Crippen LogP contribution in [-0.2, 0) is 17.8 Å². The molecule has 1 amide bonds. The summed E-state index contributed by atoms with van der Waals surface area (Å²) in [5, 5.41) is 14.8. The molecule has 28 heavy (non-hydrogen) atoms. The van der Waals surface area contributed by atoms with Crippen molar-refractivity contribution in [3.8, 4) is 11.5 Å². The largest absolute Gasteiger partial charge is 0.494 e. The van der Waals surface area contributed by atoms with Crippen molar-refractivity contribution >= 4 is 34.1 Å². The van der Waals surface area contributed by atoms with Gasteiger partial charge in [-0.3, -0.25) is 4.79 Å². The molecule has 1 aliphatic rings. The summed E-state index contributed by atoms with van der Waals surface area (Å²) in [6.45, 7) is 9.24. The minimum Gasteiger partial charge on any atom is -0.494 e. The number of carbonyl (C=O) groups is 1. The van der Waals surface area contributed by atoms with Crippen molar-refractivity contribution in [1.29, 1.82) is 0 Å². The topological polar surface area (TPSA) is 85.4 Å². The van der Waals surface area contributed by atoms with Gasteiger partial charge in [-0.05, 0) is 26.0 Å². The molecule has 3 rings (SSSR count). The summed E-state index contributed by atoms with van der Waals surface area (Å²) >= 11 is 2.78. The Bertz CT molecular complexity index is 841. The fourth-order valence-corrected chi connectivity index (χ4v) is 4.37. The van der Waals surface area contributed by atoms with E-state index >= 15 is 0 Å². The number of fused-ring (bicyclic) bond motifs is 1. The van der Waals surface area contributed by atoms with Crippen LogP contribution in [0.1, 0.15) is 25.0 Å². The van der Waals surface area contributed by atoms with Gasteiger partial charge in [0.05, 0.1) is 12.4 Å². The molecule has 0 saturated carbocycles. The molecule has 0 saturated heterocycles. The van der Waals surface area contributed by atoms with E-state index in [1.807, 2.05) is 26.0 Å². The van der Waals surface area contributed by atoms with Crippen molar-refractivity contribution in [3.63, 3.8) is 0 Å². The molecule has 0 unspecified atom stereocenters. The van der Waals surface area contributed by atoms with Crippen LogP contribution in [0.5, 0.6) is 11.5 Å². The normalized spacial score (nSPS) is 14.9. The average molecular weight is 421 g/mol. The van der Waals surface area contributed by atoms with E-state index in [-0.39, 0.29) is 17.8 Å². The number of hydrogen-bond acceptors (Lipinski definition) is 8. The average Bonchev–Trinajstić information content (AvgIpc) is 3.28. The molecule has 2 aromatic rings. The molecular weight excluding hydrogens is 396 g/mol. The first-order chi connectivity index (χ1) is 13.6. The third kappa shape index (κ3) is 5.39. The lowest BCUT2D eigenvalue weighted by Crippen LogP contribution is -2.24. The first-order valence-electron chi connectivity index (χ1n) is 9.12. The fraction of sp³-hybridized carbons (Fsp3) is 0.421. The molecule has 0 aliphatic carbocycles. The number of thioether (sulfide) groups is 1. The van der Waals surface area contributed by atoms with Crippen LogP contribution in [0.25, 0.3) is 0 Å². The SMILES string of the molecule is C=CCNc1nnc(SCC(=O)NCc2cc3c(cc2OCC)C[C@H](C)O3)s1. The highest BCUT2D eigenvalue weighted by Crippen LogP contribution is 2.35. The lowest BCUT2D eigenvalue weighted by molar-refractivity contribution is -0.118. The van der Waals surface area contributed by atoms with Crippen LogP contribution in [0.3, 0.4) is 0 Å². The number of ether oxygens (including phenoxy) is 2. The van der Waals surface area contributed by atoms with Gasteiger partial charge in [-0.25, -0.2) is 0 Å². The van der Waals surface area contributed by atoms with E-state index in [0.717, 1.165) is 38.5 Å². The molecule has 0 spiro atoms. The standard InChI is InChI=1S/C19H24N4O3S2/c1-4-6-20-18-22-23-19(28-18)27-11-17(24)21-10-14-9-16-13(7-12(3)26-16)8-15(14)25-5-2/h4,8-9,12H,1,5-7,10-11H2,2-3H3,(H,20,22)(H,21,24)/t12-/m0/s1. The van der Waals surface area contributed by atoms with Gasteiger partial charge in [-0.2, -0.15) is 0 Å². The molecule has 1 aromatic carbocycles. The smallest absolute Gasteiger partial charge is 0.230 e. The lowest BCUT2D eigenvalue weighted by atomic mass is 10.1. The van der Waals surface area contributed by atoms with E-state index in [9.17, 15) is 4.79 Å². The zero-order valence-electron chi connectivity index (χ0n) is 16.0. The number of nitrogens with zero attached hydrogens (tertiary/aromatic N) is 2. The second-order valence-electron chi connectivity index (χ2n) is 6.24. The number of benzene rings is 1. The number of hydrogen-bond donors (Lipinski definition) is 2. The van der Waals surface area contributed by atoms with Crippen molar-refractivity contribution in [1.82, 2.24) is 15.5 Å². The molecule has 2 heterocycles. The summed E-state index contributed by atoms with van der Waals surface area (Å²) < 4.78 is 12.3. The summed E-state index contributed by atoms with van der Waals surface area (Å²) in [5.41, 5.74) is 2.07. The van der Waals surface area contributed by atoms with Gasteiger partial charge in [-0.1, -0.05) is 29.2 Å². The van der Waals surface area contributed by atoms with Crippen LogP contribution in [0, 0.1) is 0 Å². The van der Waals surface area contributed by atoms with Crippen molar-refractivity contribution < 1.29 is 14.3 Å². The van der Waals surface area contributed by atoms with Crippen molar-refractivity contribution in [2.45, 2.75) is 37.3 Å². The monoisotopic (exact) mass is 420 g/mol. The summed E-state index contributed by atoms with van der Waals surface area (Å²) in [4.78, 5) is 12.2. The van der Waals surface area contributed by atoms with Gasteiger partial charge >= 0.3 is 0 Å². The second-order valence-corrected chi connectivity index (χ2v) is 8.44. The molecule has 9 heteroatoms. The van der Waals surface area contributed by atoms with Gasteiger partial charge in [0, 0.05) is 30.6 Å². The number of carbonyl (C=O) groups excluding carboxylic acids is 1. The Morgan fingerprint density at radius 1 is 1.50 bits per heavy atom. The van der Waals surface area contributed by atoms with Crippen molar-refractivity contribution in [2.24, 2.45) is 0 Å². The van der Waals surface area contributed by atoms with Crippen molar-refractivity contribution in [3.05, 3.63) is 35.9 Å². The number of aromatic nitrogens is 2. The maximum atomic E-state index is 12.2. The van der Waals surface area contributed by atoms with Crippen LogP contribution in [-0.4, -0.2) is 41.1 Å². The zero-order valence-corrected chi connectivity index (χ0v) is 17.6. The van der Waals surface area contributed by atoms with Crippen LogP contribution < -0.4 is 20.1 Å². The summed E-state index contributed by atoms with van der Waals surface area (Å²) in [6.07, 6.45) is 2.80. The van der Waals surface area contributed by atoms with Gasteiger partial charge in [0.25, 0.3) is 0 Å². The fourth-order valence-electron chi connectivity index (χ4n) is 2.78. The molecule has 0 radical (unpaired) electrons. The highest BCUT2D eigenvalue weighted by Gasteiger charge is 2.22. The van der Waals surface area contributed by atoms with Gasteiger partial charge in [-0.15, -0.1) is 16.8 Å². The number of amides is 1. The maximum Gasteiger partial charge on any atom is 0.230 e. The molecular formula is C19H24N4O3S2. The summed E-state index contributed by atoms with van der Waals surface area (Å²) in [5.74, 6) is 1.88. The third-order valence-corrected chi connectivity index (χ3v) is 6.00. The molecule has 1 atom stereocenters. The van der Waals surface area contributed by atoms with E-state index in [4.69, 9.17) is 9.47 Å². The molecule has 2 N–H and O–H groups in total. The van der Waals surface area contributed by atoms with Gasteiger partial charge in [0.2, 0.25) is 11.0 Å². The third-order valence-electron chi connectivity index (χ3n) is 3.99. The Hall–Kier alpha value is -2.26. The molecule has 0 bridgehead atoms. The molecule has 0 fully saturated rings. The zero-order chi connectivity index (χ0) is 19.9. The van der Waals surface area contributed by atoms with Crippen LogP contribution >= 0.6 is 23.1 Å². The minimum atomic E-state index is -0.0713. The Labute approximate surface area is 172 Å². The molecule has 1 aromatic heterocycles. The Kier molecular flexibility index (Phi) is 7.16. The highest BCUT2D eigenvalue weighted by molar-refractivity contribution is 8.01. The lowest BCUT2D eigenvalue weighted by Gasteiger charge is -2.13. The van der Waals surface area contributed by atoms with E-state index in [2.05, 4.69) is 27.4 Å².